The van der Waals surface area contributed by atoms with Crippen LogP contribution in [-0.2, 0) is 11.0 Å². The van der Waals surface area contributed by atoms with Crippen molar-refractivity contribution < 1.29 is 27.5 Å². The Balaban J connectivity index is 1.25. The van der Waals surface area contributed by atoms with Gasteiger partial charge in [-0.2, -0.15) is 13.2 Å². The second kappa shape index (κ2) is 6.97. The smallest absolute Gasteiger partial charge is 0.416 e. The van der Waals surface area contributed by atoms with Crippen LogP contribution >= 0.6 is 0 Å². The normalized spacial score (nSPS) is 30.8. The largest absolute Gasteiger partial charge is 0.484 e. The lowest BCUT2D eigenvalue weighted by Gasteiger charge is -2.56. The van der Waals surface area contributed by atoms with E-state index in [1.54, 1.807) is 0 Å². The Morgan fingerprint density at radius 1 is 1.00 bits per heavy atom. The van der Waals surface area contributed by atoms with Crippen LogP contribution in [0.4, 0.5) is 18.0 Å². The fourth-order valence-corrected chi connectivity index (χ4v) is 5.59. The Morgan fingerprint density at radius 3 is 2.04 bits per heavy atom. The van der Waals surface area contributed by atoms with E-state index >= 15 is 0 Å². The summed E-state index contributed by atoms with van der Waals surface area (Å²) in [7, 11) is 0. The molecular weight excluding hydrogens is 373 g/mol. The van der Waals surface area contributed by atoms with Crippen LogP contribution in [0.25, 0.3) is 0 Å². The van der Waals surface area contributed by atoms with Crippen LogP contribution in [0.15, 0.2) is 24.3 Å². The second-order valence-corrected chi connectivity index (χ2v) is 8.51. The molecule has 0 aliphatic heterocycles. The number of ether oxygens (including phenoxy) is 1. The van der Waals surface area contributed by atoms with Gasteiger partial charge in [-0.15, -0.1) is 0 Å². The van der Waals surface area contributed by atoms with E-state index in [-0.39, 0.29) is 11.3 Å². The number of alkyl halides is 3. The number of imide groups is 1. The molecule has 0 spiro atoms. The van der Waals surface area contributed by atoms with Gasteiger partial charge in [0.1, 0.15) is 5.75 Å². The zero-order valence-electron chi connectivity index (χ0n) is 15.3. The fraction of sp³-hybridized carbons (Fsp3) is 0.600. The van der Waals surface area contributed by atoms with Gasteiger partial charge in [-0.3, -0.25) is 10.1 Å². The van der Waals surface area contributed by atoms with Gasteiger partial charge in [0.05, 0.1) is 5.56 Å². The molecular formula is C20H23F3N2O3. The van der Waals surface area contributed by atoms with E-state index in [0.29, 0.717) is 17.8 Å². The van der Waals surface area contributed by atoms with E-state index in [4.69, 9.17) is 4.74 Å². The first-order valence-electron chi connectivity index (χ1n) is 9.63. The molecule has 28 heavy (non-hydrogen) atoms. The monoisotopic (exact) mass is 396 g/mol. The maximum Gasteiger partial charge on any atom is 0.416 e. The van der Waals surface area contributed by atoms with Crippen LogP contribution in [0.3, 0.4) is 0 Å². The van der Waals surface area contributed by atoms with Crippen molar-refractivity contribution in [1.29, 1.82) is 0 Å². The number of hydrogen-bond donors (Lipinski definition) is 2. The zero-order valence-corrected chi connectivity index (χ0v) is 15.3. The van der Waals surface area contributed by atoms with Crippen LogP contribution in [0.5, 0.6) is 5.75 Å². The second-order valence-electron chi connectivity index (χ2n) is 8.51. The van der Waals surface area contributed by atoms with Crippen LogP contribution in [-0.4, -0.2) is 24.1 Å². The van der Waals surface area contributed by atoms with Gasteiger partial charge in [0.25, 0.3) is 5.91 Å². The first-order chi connectivity index (χ1) is 13.2. The van der Waals surface area contributed by atoms with Crippen molar-refractivity contribution in [3.8, 4) is 5.75 Å². The standard InChI is InChI=1S/C20H23F3N2O3/c21-20(22,23)15-1-3-16(4-2-15)28-11-17(26)24-18(27)25-19-8-12-5-13(9-19)7-14(6-12)10-19/h1-4,12-14H,5-11H2,(H2,24,25,26,27). The Morgan fingerprint density at radius 2 is 1.54 bits per heavy atom. The van der Waals surface area contributed by atoms with Gasteiger partial charge in [-0.05, 0) is 80.5 Å². The maximum absolute atomic E-state index is 12.5. The van der Waals surface area contributed by atoms with Gasteiger partial charge >= 0.3 is 12.2 Å². The summed E-state index contributed by atoms with van der Waals surface area (Å²) in [6.07, 6.45) is 2.26. The summed E-state index contributed by atoms with van der Waals surface area (Å²) in [5.41, 5.74) is -0.993. The molecule has 0 aromatic heterocycles. The highest BCUT2D eigenvalue weighted by Crippen LogP contribution is 2.55. The van der Waals surface area contributed by atoms with E-state index in [1.807, 2.05) is 0 Å². The molecule has 0 radical (unpaired) electrons. The molecule has 1 aromatic rings. The van der Waals surface area contributed by atoms with Crippen LogP contribution in [0, 0.1) is 17.8 Å². The summed E-state index contributed by atoms with van der Waals surface area (Å²) in [5, 5.41) is 5.29. The molecule has 8 heteroatoms. The number of rotatable bonds is 4. The molecule has 1 aromatic carbocycles. The predicted molar refractivity (Wildman–Crippen MR) is 94.5 cm³/mol. The molecule has 4 bridgehead atoms. The van der Waals surface area contributed by atoms with E-state index in [2.05, 4.69) is 10.6 Å². The number of nitrogens with one attached hydrogen (secondary N) is 2. The summed E-state index contributed by atoms with van der Waals surface area (Å²) in [6, 6.07) is 3.53. The lowest BCUT2D eigenvalue weighted by molar-refractivity contribution is -0.137. The third-order valence-electron chi connectivity index (χ3n) is 6.22. The molecule has 4 fully saturated rings. The van der Waals surface area contributed by atoms with E-state index < -0.39 is 30.3 Å². The molecule has 152 valence electrons. The minimum Gasteiger partial charge on any atom is -0.484 e. The van der Waals surface area contributed by atoms with Crippen molar-refractivity contribution in [2.75, 3.05) is 6.61 Å². The Labute approximate surface area is 161 Å². The lowest BCUT2D eigenvalue weighted by atomic mass is 9.53. The van der Waals surface area contributed by atoms with E-state index in [1.165, 1.54) is 19.3 Å². The molecule has 3 amide bonds. The Hall–Kier alpha value is -2.25. The van der Waals surface area contributed by atoms with Gasteiger partial charge in [0.15, 0.2) is 6.61 Å². The summed E-state index contributed by atoms with van der Waals surface area (Å²) in [4.78, 5) is 24.2. The molecule has 5 rings (SSSR count). The Bertz CT molecular complexity index is 726. The van der Waals surface area contributed by atoms with Crippen molar-refractivity contribution >= 4 is 11.9 Å². The molecule has 2 N–H and O–H groups in total. The Kier molecular flexibility index (Phi) is 4.75. The number of urea groups is 1. The van der Waals surface area contributed by atoms with Gasteiger partial charge in [-0.1, -0.05) is 0 Å². The van der Waals surface area contributed by atoms with Crippen molar-refractivity contribution in [2.24, 2.45) is 17.8 Å². The highest BCUT2D eigenvalue weighted by Gasteiger charge is 2.51. The molecule has 4 aliphatic carbocycles. The number of halogens is 3. The minimum absolute atomic E-state index is 0.129. The minimum atomic E-state index is -4.43. The molecule has 0 unspecified atom stereocenters. The highest BCUT2D eigenvalue weighted by atomic mass is 19.4. The van der Waals surface area contributed by atoms with Crippen LogP contribution in [0.1, 0.15) is 44.1 Å². The van der Waals surface area contributed by atoms with Crippen molar-refractivity contribution in [3.63, 3.8) is 0 Å². The van der Waals surface area contributed by atoms with Crippen molar-refractivity contribution in [2.45, 2.75) is 50.2 Å². The molecule has 4 saturated carbocycles. The summed E-state index contributed by atoms with van der Waals surface area (Å²) >= 11 is 0. The third kappa shape index (κ3) is 4.10. The van der Waals surface area contributed by atoms with Crippen molar-refractivity contribution in [1.82, 2.24) is 10.6 Å². The first kappa shape index (κ1) is 19.1. The highest BCUT2D eigenvalue weighted by molar-refractivity contribution is 5.95. The fourth-order valence-electron chi connectivity index (χ4n) is 5.59. The molecule has 0 saturated heterocycles. The number of hydrogen-bond acceptors (Lipinski definition) is 3. The molecule has 5 nitrogen and oxygen atoms in total. The quantitative estimate of drug-likeness (QED) is 0.812. The van der Waals surface area contributed by atoms with Crippen LogP contribution < -0.4 is 15.4 Å². The van der Waals surface area contributed by atoms with E-state index in [0.717, 1.165) is 43.5 Å². The third-order valence-corrected chi connectivity index (χ3v) is 6.22. The maximum atomic E-state index is 12.5. The number of carbonyl (C=O) groups is 2. The number of amides is 3. The predicted octanol–water partition coefficient (Wildman–Crippen LogP) is 3.88. The number of benzene rings is 1. The van der Waals surface area contributed by atoms with Gasteiger partial charge in [0, 0.05) is 5.54 Å². The molecule has 0 atom stereocenters. The van der Waals surface area contributed by atoms with Crippen molar-refractivity contribution in [3.05, 3.63) is 29.8 Å². The molecule has 0 heterocycles. The summed E-state index contributed by atoms with van der Waals surface area (Å²) < 4.78 is 42.8. The molecule has 4 aliphatic rings. The topological polar surface area (TPSA) is 67.4 Å². The van der Waals surface area contributed by atoms with Gasteiger partial charge in [0.2, 0.25) is 0 Å². The van der Waals surface area contributed by atoms with Crippen LogP contribution in [0.2, 0.25) is 0 Å². The van der Waals surface area contributed by atoms with E-state index in [9.17, 15) is 22.8 Å². The van der Waals surface area contributed by atoms with Gasteiger partial charge < -0.3 is 10.1 Å². The summed E-state index contributed by atoms with van der Waals surface area (Å²) in [6.45, 7) is -0.445. The van der Waals surface area contributed by atoms with Gasteiger partial charge in [-0.25, -0.2) is 4.79 Å². The average Bonchev–Trinajstić information content (AvgIpc) is 2.57. The number of carbonyl (C=O) groups excluding carboxylic acids is 2. The lowest BCUT2D eigenvalue weighted by Crippen LogP contribution is -2.62. The SMILES string of the molecule is O=C(COc1ccc(C(F)(F)F)cc1)NC(=O)NC12CC3CC(CC(C3)C1)C2. The zero-order chi connectivity index (χ0) is 19.9. The first-order valence-corrected chi connectivity index (χ1v) is 9.63. The summed E-state index contributed by atoms with van der Waals surface area (Å²) in [5.74, 6) is 1.51. The average molecular weight is 396 g/mol.